The van der Waals surface area contributed by atoms with Crippen molar-refractivity contribution in [3.05, 3.63) is 69.8 Å². The van der Waals surface area contributed by atoms with Gasteiger partial charge >= 0.3 is 0 Å². The van der Waals surface area contributed by atoms with Gasteiger partial charge in [0.2, 0.25) is 0 Å². The monoisotopic (exact) mass is 413 g/mol. The van der Waals surface area contributed by atoms with Crippen LogP contribution in [0, 0.1) is 10.1 Å². The van der Waals surface area contributed by atoms with Crippen molar-refractivity contribution in [3.63, 3.8) is 0 Å². The van der Waals surface area contributed by atoms with Crippen LogP contribution in [0.3, 0.4) is 0 Å². The minimum absolute atomic E-state index is 0.0765. The average molecular weight is 414 g/mol. The van der Waals surface area contributed by atoms with Crippen molar-refractivity contribution in [2.45, 2.75) is 0 Å². The van der Waals surface area contributed by atoms with E-state index < -0.39 is 4.92 Å². The highest BCUT2D eigenvalue weighted by atomic mass is 35.5. The lowest BCUT2D eigenvalue weighted by molar-refractivity contribution is -0.384. The second-order valence-electron chi connectivity index (χ2n) is 6.42. The predicted octanol–water partition coefficient (Wildman–Crippen LogP) is 2.19. The number of benzene rings is 1. The number of imidazole rings is 1. The van der Waals surface area contributed by atoms with Gasteiger partial charge in [-0.3, -0.25) is 19.5 Å². The molecule has 0 spiro atoms. The maximum atomic E-state index is 12.7. The van der Waals surface area contributed by atoms with Crippen LogP contribution in [0.2, 0.25) is 5.02 Å². The molecule has 0 saturated carbocycles. The molecule has 11 heteroatoms. The van der Waals surface area contributed by atoms with E-state index >= 15 is 0 Å². The first-order valence-electron chi connectivity index (χ1n) is 8.83. The van der Waals surface area contributed by atoms with Crippen LogP contribution < -0.4 is 4.90 Å². The van der Waals surface area contributed by atoms with Gasteiger partial charge in [0.05, 0.1) is 15.5 Å². The van der Waals surface area contributed by atoms with Crippen molar-refractivity contribution >= 4 is 29.0 Å². The normalized spacial score (nSPS) is 14.1. The van der Waals surface area contributed by atoms with Crippen LogP contribution in [0.15, 0.2) is 49.1 Å². The summed E-state index contributed by atoms with van der Waals surface area (Å²) in [7, 11) is 0. The van der Waals surface area contributed by atoms with Gasteiger partial charge in [-0.05, 0) is 18.2 Å². The van der Waals surface area contributed by atoms with Crippen molar-refractivity contribution < 1.29 is 9.72 Å². The maximum Gasteiger partial charge on any atom is 0.270 e. The Morgan fingerprint density at radius 2 is 1.79 bits per heavy atom. The zero-order chi connectivity index (χ0) is 20.4. The number of halogens is 1. The van der Waals surface area contributed by atoms with Gasteiger partial charge in [0.25, 0.3) is 11.6 Å². The lowest BCUT2D eigenvalue weighted by Crippen LogP contribution is -2.49. The fourth-order valence-corrected chi connectivity index (χ4v) is 3.37. The third kappa shape index (κ3) is 3.87. The SMILES string of the molecule is O=C(c1ccc([N+](=O)[O-])cc1Cl)N1CCN(c2ccc(-n3ccnc3)nn2)CC1. The molecule has 1 fully saturated rings. The summed E-state index contributed by atoms with van der Waals surface area (Å²) in [6.07, 6.45) is 5.11. The first-order chi connectivity index (χ1) is 14.0. The summed E-state index contributed by atoms with van der Waals surface area (Å²) in [5.74, 6) is 1.16. The number of carbonyl (C=O) groups excluding carboxylic acids is 1. The van der Waals surface area contributed by atoms with E-state index in [4.69, 9.17) is 11.6 Å². The van der Waals surface area contributed by atoms with Crippen molar-refractivity contribution in [1.82, 2.24) is 24.6 Å². The van der Waals surface area contributed by atoms with Gasteiger partial charge in [0, 0.05) is 50.7 Å². The Hall–Kier alpha value is -3.53. The summed E-state index contributed by atoms with van der Waals surface area (Å²) >= 11 is 6.08. The summed E-state index contributed by atoms with van der Waals surface area (Å²) in [6, 6.07) is 7.62. The topological polar surface area (TPSA) is 110 Å². The second kappa shape index (κ2) is 7.84. The largest absolute Gasteiger partial charge is 0.352 e. The molecule has 10 nitrogen and oxygen atoms in total. The van der Waals surface area contributed by atoms with Crippen molar-refractivity contribution in [2.75, 3.05) is 31.1 Å². The van der Waals surface area contributed by atoms with E-state index in [9.17, 15) is 14.9 Å². The van der Waals surface area contributed by atoms with E-state index in [1.165, 1.54) is 18.2 Å². The van der Waals surface area contributed by atoms with Crippen LogP contribution in [-0.2, 0) is 0 Å². The molecular weight excluding hydrogens is 398 g/mol. The third-order valence-corrected chi connectivity index (χ3v) is 5.00. The Labute approximate surface area is 170 Å². The van der Waals surface area contributed by atoms with Crippen LogP contribution in [0.5, 0.6) is 0 Å². The Morgan fingerprint density at radius 3 is 2.38 bits per heavy atom. The fourth-order valence-electron chi connectivity index (χ4n) is 3.12. The molecule has 0 N–H and O–H groups in total. The Morgan fingerprint density at radius 1 is 1.07 bits per heavy atom. The molecule has 0 bridgehead atoms. The van der Waals surface area contributed by atoms with Crippen LogP contribution in [0.25, 0.3) is 5.82 Å². The van der Waals surface area contributed by atoms with E-state index in [0.29, 0.717) is 32.0 Å². The Bertz CT molecular complexity index is 1030. The molecular formula is C18H16ClN7O3. The molecule has 3 heterocycles. The van der Waals surface area contributed by atoms with Crippen molar-refractivity contribution in [2.24, 2.45) is 0 Å². The van der Waals surface area contributed by atoms with Gasteiger partial charge in [0.1, 0.15) is 6.33 Å². The standard InChI is InChI=1S/C18H16ClN7O3/c19-15-11-13(26(28)29)1-2-14(15)18(27)24-9-7-23(8-10-24)16-3-4-17(22-21-16)25-6-5-20-12-25/h1-6,11-12H,7-10H2. The zero-order valence-electron chi connectivity index (χ0n) is 15.2. The molecule has 0 aliphatic carbocycles. The quantitative estimate of drug-likeness (QED) is 0.476. The first kappa shape index (κ1) is 18.8. The van der Waals surface area contributed by atoms with Crippen molar-refractivity contribution in [3.8, 4) is 5.82 Å². The molecule has 29 heavy (non-hydrogen) atoms. The lowest BCUT2D eigenvalue weighted by atomic mass is 10.1. The molecule has 0 radical (unpaired) electrons. The average Bonchev–Trinajstić information content (AvgIpc) is 3.28. The summed E-state index contributed by atoms with van der Waals surface area (Å²) < 4.78 is 1.77. The molecule has 1 aliphatic heterocycles. The summed E-state index contributed by atoms with van der Waals surface area (Å²) in [5, 5.41) is 19.4. The fraction of sp³-hybridized carbons (Fsp3) is 0.222. The van der Waals surface area contributed by atoms with Crippen LogP contribution in [-0.4, -0.2) is 61.7 Å². The van der Waals surface area contributed by atoms with Crippen LogP contribution in [0.4, 0.5) is 11.5 Å². The number of piperazine rings is 1. The number of hydrogen-bond donors (Lipinski definition) is 0. The van der Waals surface area contributed by atoms with E-state index in [-0.39, 0.29) is 22.2 Å². The number of nitrogens with zero attached hydrogens (tertiary/aromatic N) is 7. The molecule has 0 unspecified atom stereocenters. The molecule has 2 aromatic heterocycles. The summed E-state index contributed by atoms with van der Waals surface area (Å²) in [5.41, 5.74) is 0.115. The third-order valence-electron chi connectivity index (χ3n) is 4.69. The minimum Gasteiger partial charge on any atom is -0.352 e. The number of aromatic nitrogens is 4. The molecule has 1 aliphatic rings. The van der Waals surface area contributed by atoms with Crippen molar-refractivity contribution in [1.29, 1.82) is 0 Å². The van der Waals surface area contributed by atoms with Gasteiger partial charge in [-0.1, -0.05) is 11.6 Å². The van der Waals surface area contributed by atoms with E-state index in [2.05, 4.69) is 15.2 Å². The summed E-state index contributed by atoms with van der Waals surface area (Å²) in [4.78, 5) is 30.7. The van der Waals surface area contributed by atoms with E-state index in [1.807, 2.05) is 17.0 Å². The molecule has 1 aromatic carbocycles. The molecule has 3 aromatic rings. The predicted molar refractivity (Wildman–Crippen MR) is 105 cm³/mol. The number of non-ortho nitro benzene ring substituents is 1. The number of anilines is 1. The highest BCUT2D eigenvalue weighted by Gasteiger charge is 2.25. The second-order valence-corrected chi connectivity index (χ2v) is 6.83. The number of rotatable bonds is 4. The molecule has 148 valence electrons. The molecule has 1 amide bonds. The lowest BCUT2D eigenvalue weighted by Gasteiger charge is -2.35. The van der Waals surface area contributed by atoms with E-state index in [1.54, 1.807) is 28.2 Å². The number of hydrogen-bond acceptors (Lipinski definition) is 7. The van der Waals surface area contributed by atoms with Crippen LogP contribution >= 0.6 is 11.6 Å². The highest BCUT2D eigenvalue weighted by molar-refractivity contribution is 6.34. The van der Waals surface area contributed by atoms with Gasteiger partial charge < -0.3 is 9.80 Å². The molecule has 0 atom stereocenters. The van der Waals surface area contributed by atoms with Crippen LogP contribution in [0.1, 0.15) is 10.4 Å². The number of nitro groups is 1. The highest BCUT2D eigenvalue weighted by Crippen LogP contribution is 2.24. The molecule has 1 saturated heterocycles. The smallest absolute Gasteiger partial charge is 0.270 e. The maximum absolute atomic E-state index is 12.7. The Kier molecular flexibility index (Phi) is 5.09. The first-order valence-corrected chi connectivity index (χ1v) is 9.21. The Balaban J connectivity index is 1.40. The number of amides is 1. The minimum atomic E-state index is -0.544. The van der Waals surface area contributed by atoms with Gasteiger partial charge in [0.15, 0.2) is 11.6 Å². The number of carbonyl (C=O) groups is 1. The number of nitro benzene ring substituents is 1. The van der Waals surface area contributed by atoms with Gasteiger partial charge in [-0.25, -0.2) is 4.98 Å². The van der Waals surface area contributed by atoms with E-state index in [0.717, 1.165) is 5.82 Å². The zero-order valence-corrected chi connectivity index (χ0v) is 15.9. The van der Waals surface area contributed by atoms with Gasteiger partial charge in [-0.15, -0.1) is 10.2 Å². The van der Waals surface area contributed by atoms with Gasteiger partial charge in [-0.2, -0.15) is 0 Å². The molecule has 4 rings (SSSR count). The summed E-state index contributed by atoms with van der Waals surface area (Å²) in [6.45, 7) is 2.15.